The number of methoxy groups -OCH3 is 2. The van der Waals surface area contributed by atoms with E-state index in [9.17, 15) is 13.2 Å². The van der Waals surface area contributed by atoms with Gasteiger partial charge in [0.2, 0.25) is 10.0 Å². The average Bonchev–Trinajstić information content (AvgIpc) is 3.41. The number of thiazole rings is 1. The van der Waals surface area contributed by atoms with Gasteiger partial charge in [0.05, 0.1) is 31.4 Å². The Morgan fingerprint density at radius 2 is 1.94 bits per heavy atom. The summed E-state index contributed by atoms with van der Waals surface area (Å²) in [6.07, 6.45) is 4.78. The third-order valence-electron chi connectivity index (χ3n) is 5.60. The van der Waals surface area contributed by atoms with Gasteiger partial charge in [-0.05, 0) is 25.0 Å². The van der Waals surface area contributed by atoms with E-state index in [1.54, 1.807) is 6.07 Å². The summed E-state index contributed by atoms with van der Waals surface area (Å²) in [6.45, 7) is 0.538. The minimum absolute atomic E-state index is 0.146. The van der Waals surface area contributed by atoms with Crippen LogP contribution < -0.4 is 20.1 Å². The first-order valence-corrected chi connectivity index (χ1v) is 12.4. The topological polar surface area (TPSA) is 110 Å². The second kappa shape index (κ2) is 9.01. The van der Waals surface area contributed by atoms with Crippen LogP contribution in [0.15, 0.2) is 23.1 Å². The molecule has 0 bridgehead atoms. The highest BCUT2D eigenvalue weighted by Crippen LogP contribution is 2.34. The predicted octanol–water partition coefficient (Wildman–Crippen LogP) is 2.97. The average molecular weight is 467 g/mol. The van der Waals surface area contributed by atoms with Crippen LogP contribution in [-0.2, 0) is 23.0 Å². The summed E-state index contributed by atoms with van der Waals surface area (Å²) in [5, 5.41) is 6.26. The van der Waals surface area contributed by atoms with Crippen LogP contribution in [0.5, 0.6) is 11.5 Å². The van der Waals surface area contributed by atoms with Gasteiger partial charge in [-0.25, -0.2) is 18.2 Å². The summed E-state index contributed by atoms with van der Waals surface area (Å²) in [4.78, 5) is 17.7. The minimum atomic E-state index is -3.71. The number of benzene rings is 1. The number of ether oxygens (including phenoxy) is 2. The molecule has 2 N–H and O–H groups in total. The number of amides is 2. The highest BCUT2D eigenvalue weighted by Gasteiger charge is 2.31. The van der Waals surface area contributed by atoms with Gasteiger partial charge in [-0.15, -0.1) is 0 Å². The number of rotatable bonds is 6. The van der Waals surface area contributed by atoms with Crippen LogP contribution >= 0.6 is 11.3 Å². The van der Waals surface area contributed by atoms with Gasteiger partial charge in [0.1, 0.15) is 0 Å². The van der Waals surface area contributed by atoms with E-state index in [1.165, 1.54) is 42.0 Å². The van der Waals surface area contributed by atoms with E-state index in [1.807, 2.05) is 0 Å². The molecule has 0 radical (unpaired) electrons. The van der Waals surface area contributed by atoms with Crippen molar-refractivity contribution >= 4 is 32.5 Å². The molecule has 11 heteroatoms. The van der Waals surface area contributed by atoms with Crippen molar-refractivity contribution in [3.8, 4) is 11.5 Å². The lowest BCUT2D eigenvalue weighted by atomic mass is 10.2. The van der Waals surface area contributed by atoms with E-state index in [-0.39, 0.29) is 23.5 Å². The fraction of sp³-hybridized carbons (Fsp3) is 0.500. The number of nitrogens with zero attached hydrogens (tertiary/aromatic N) is 2. The van der Waals surface area contributed by atoms with Crippen molar-refractivity contribution in [3.05, 3.63) is 28.8 Å². The Hall–Kier alpha value is -2.37. The van der Waals surface area contributed by atoms with E-state index in [2.05, 4.69) is 15.6 Å². The normalized spacial score (nSPS) is 17.2. The van der Waals surface area contributed by atoms with Gasteiger partial charge in [0.25, 0.3) is 0 Å². The maximum Gasteiger partial charge on any atom is 0.321 e. The molecule has 1 aromatic heterocycles. The van der Waals surface area contributed by atoms with Crippen molar-refractivity contribution in [3.63, 3.8) is 0 Å². The van der Waals surface area contributed by atoms with E-state index in [0.717, 1.165) is 36.3 Å². The quantitative estimate of drug-likeness (QED) is 0.677. The second-order valence-corrected chi connectivity index (χ2v) is 10.6. The smallest absolute Gasteiger partial charge is 0.321 e. The molecule has 1 aliphatic heterocycles. The van der Waals surface area contributed by atoms with Crippen LogP contribution in [-0.4, -0.2) is 50.5 Å². The number of hydrogen-bond donors (Lipinski definition) is 2. The zero-order chi connectivity index (χ0) is 22.0. The monoisotopic (exact) mass is 466 g/mol. The summed E-state index contributed by atoms with van der Waals surface area (Å²) in [5.41, 5.74) is 0.833. The highest BCUT2D eigenvalue weighted by molar-refractivity contribution is 7.89. The zero-order valence-corrected chi connectivity index (χ0v) is 19.1. The van der Waals surface area contributed by atoms with Gasteiger partial charge < -0.3 is 14.8 Å². The fourth-order valence-corrected chi connectivity index (χ4v) is 6.47. The molecule has 2 aliphatic rings. The van der Waals surface area contributed by atoms with Crippen LogP contribution in [0.2, 0.25) is 0 Å². The minimum Gasteiger partial charge on any atom is -0.493 e. The Labute approximate surface area is 185 Å². The fourth-order valence-electron chi connectivity index (χ4n) is 3.95. The largest absolute Gasteiger partial charge is 0.493 e. The SMILES string of the molecule is COc1ccc(S(=O)(=O)N2CCc3nc(NC(=O)NC4CCCC4)sc3C2)cc1OC. The van der Waals surface area contributed by atoms with Gasteiger partial charge in [-0.2, -0.15) is 4.31 Å². The number of hydrogen-bond acceptors (Lipinski definition) is 7. The van der Waals surface area contributed by atoms with Crippen molar-refractivity contribution in [1.82, 2.24) is 14.6 Å². The summed E-state index contributed by atoms with van der Waals surface area (Å²) in [5.74, 6) is 0.829. The lowest BCUT2D eigenvalue weighted by molar-refractivity contribution is 0.248. The molecule has 1 fully saturated rings. The maximum atomic E-state index is 13.2. The van der Waals surface area contributed by atoms with Gasteiger partial charge in [0, 0.05) is 30.0 Å². The summed E-state index contributed by atoms with van der Waals surface area (Å²) >= 11 is 1.32. The number of fused-ring (bicyclic) bond motifs is 1. The lowest BCUT2D eigenvalue weighted by Crippen LogP contribution is -2.36. The molecular formula is C20H26N4O5S2. The Morgan fingerprint density at radius 3 is 2.65 bits per heavy atom. The molecular weight excluding hydrogens is 440 g/mol. The molecule has 1 aliphatic carbocycles. The summed E-state index contributed by atoms with van der Waals surface area (Å²) in [7, 11) is -0.745. The molecule has 2 aromatic rings. The number of nitrogens with one attached hydrogen (secondary N) is 2. The number of anilines is 1. The third kappa shape index (κ3) is 4.63. The molecule has 0 atom stereocenters. The van der Waals surface area contributed by atoms with Crippen LogP contribution in [0.3, 0.4) is 0 Å². The van der Waals surface area contributed by atoms with Crippen molar-refractivity contribution in [2.75, 3.05) is 26.1 Å². The zero-order valence-electron chi connectivity index (χ0n) is 17.5. The van der Waals surface area contributed by atoms with Crippen LogP contribution in [0, 0.1) is 0 Å². The van der Waals surface area contributed by atoms with Gasteiger partial charge in [-0.1, -0.05) is 24.2 Å². The van der Waals surface area contributed by atoms with Crippen molar-refractivity contribution in [1.29, 1.82) is 0 Å². The Morgan fingerprint density at radius 1 is 1.19 bits per heavy atom. The van der Waals surface area contributed by atoms with E-state index in [0.29, 0.717) is 29.6 Å². The number of urea groups is 1. The van der Waals surface area contributed by atoms with Crippen LogP contribution in [0.4, 0.5) is 9.93 Å². The molecule has 0 unspecified atom stereocenters. The Bertz CT molecular complexity index is 1060. The van der Waals surface area contributed by atoms with E-state index < -0.39 is 10.0 Å². The molecule has 9 nitrogen and oxygen atoms in total. The molecule has 2 amide bonds. The Kier molecular flexibility index (Phi) is 6.35. The van der Waals surface area contributed by atoms with Crippen molar-refractivity contribution in [2.45, 2.75) is 49.6 Å². The summed E-state index contributed by atoms with van der Waals surface area (Å²) < 4.78 is 38.2. The van der Waals surface area contributed by atoms with E-state index in [4.69, 9.17) is 9.47 Å². The first-order chi connectivity index (χ1) is 14.9. The summed E-state index contributed by atoms with van der Waals surface area (Å²) in [6, 6.07) is 4.53. The molecule has 0 spiro atoms. The van der Waals surface area contributed by atoms with Gasteiger partial charge >= 0.3 is 6.03 Å². The molecule has 31 heavy (non-hydrogen) atoms. The maximum absolute atomic E-state index is 13.2. The number of aromatic nitrogens is 1. The molecule has 1 saturated carbocycles. The van der Waals surface area contributed by atoms with Crippen LogP contribution in [0.1, 0.15) is 36.3 Å². The predicted molar refractivity (Wildman–Crippen MR) is 117 cm³/mol. The van der Waals surface area contributed by atoms with E-state index >= 15 is 0 Å². The van der Waals surface area contributed by atoms with Gasteiger partial charge in [-0.3, -0.25) is 5.32 Å². The molecule has 2 heterocycles. The number of carbonyl (C=O) groups excluding carboxylic acids is 1. The third-order valence-corrected chi connectivity index (χ3v) is 8.44. The highest BCUT2D eigenvalue weighted by atomic mass is 32.2. The van der Waals surface area contributed by atoms with Crippen molar-refractivity contribution in [2.24, 2.45) is 0 Å². The standard InChI is InChI=1S/C20H26N4O5S2/c1-28-16-8-7-14(11-17(16)29-2)31(26,27)24-10-9-15-18(12-24)30-20(22-15)23-19(25)21-13-5-3-4-6-13/h7-8,11,13H,3-6,9-10,12H2,1-2H3,(H2,21,22,23,25). The molecule has 4 rings (SSSR count). The first-order valence-electron chi connectivity index (χ1n) is 10.2. The van der Waals surface area contributed by atoms with Gasteiger partial charge in [0.15, 0.2) is 16.6 Å². The number of carbonyl (C=O) groups is 1. The molecule has 168 valence electrons. The molecule has 0 saturated heterocycles. The lowest BCUT2D eigenvalue weighted by Gasteiger charge is -2.25. The van der Waals surface area contributed by atoms with Crippen molar-refractivity contribution < 1.29 is 22.7 Å². The first kappa shape index (κ1) is 21.8. The van der Waals surface area contributed by atoms with Crippen LogP contribution in [0.25, 0.3) is 0 Å². The number of sulfonamides is 1. The molecule has 1 aromatic carbocycles. The second-order valence-electron chi connectivity index (χ2n) is 7.57. The Balaban J connectivity index is 1.46.